The summed E-state index contributed by atoms with van der Waals surface area (Å²) in [6.45, 7) is 0.116. The average Bonchev–Trinajstić information content (AvgIpc) is 3.13. The molecular formula is C22H21B3ClF2N3O4. The molecule has 178 valence electrons. The molecule has 7 nitrogen and oxygen atoms in total. The van der Waals surface area contributed by atoms with Crippen molar-refractivity contribution in [3.05, 3.63) is 69.7 Å². The summed E-state index contributed by atoms with van der Waals surface area (Å²) < 4.78 is 29.6. The SMILES string of the molecule is BC(B)(NC(=O)C(F)(F)c1ccc(Cl)cc1)c1ccc2c(c1)CN(C1(B)CCC(=O)NC1=O)C2=O. The fraction of sp³-hybridized carbons (Fsp3) is 0.273. The molecule has 2 aliphatic rings. The number of alkyl halides is 2. The molecule has 0 bridgehead atoms. The van der Waals surface area contributed by atoms with Crippen LogP contribution < -0.4 is 10.6 Å². The Kier molecular flexibility index (Phi) is 6.07. The van der Waals surface area contributed by atoms with Crippen LogP contribution in [0.5, 0.6) is 0 Å². The van der Waals surface area contributed by atoms with Crippen molar-refractivity contribution in [1.82, 2.24) is 15.5 Å². The number of fused-ring (bicyclic) bond motifs is 1. The molecule has 0 aromatic heterocycles. The minimum atomic E-state index is -3.79. The van der Waals surface area contributed by atoms with E-state index < -0.39 is 34.1 Å². The molecule has 0 radical (unpaired) electrons. The normalized spacial score (nSPS) is 20.4. The first-order chi connectivity index (χ1) is 16.3. The van der Waals surface area contributed by atoms with Crippen LogP contribution in [0.3, 0.4) is 0 Å². The van der Waals surface area contributed by atoms with Crippen molar-refractivity contribution in [1.29, 1.82) is 0 Å². The number of imide groups is 1. The zero-order chi connectivity index (χ0) is 25.8. The zero-order valence-corrected chi connectivity index (χ0v) is 20.1. The van der Waals surface area contributed by atoms with Crippen LogP contribution in [0.1, 0.15) is 39.9 Å². The van der Waals surface area contributed by atoms with E-state index in [-0.39, 0.29) is 36.2 Å². The summed E-state index contributed by atoms with van der Waals surface area (Å²) >= 11 is 5.76. The number of hydrogen-bond donors (Lipinski definition) is 2. The van der Waals surface area contributed by atoms with Gasteiger partial charge in [0.25, 0.3) is 11.8 Å². The maximum Gasteiger partial charge on any atom is 0.349 e. The van der Waals surface area contributed by atoms with Gasteiger partial charge in [0.2, 0.25) is 11.8 Å². The minimum absolute atomic E-state index is 0.116. The van der Waals surface area contributed by atoms with Crippen molar-refractivity contribution in [2.45, 2.75) is 36.1 Å². The summed E-state index contributed by atoms with van der Waals surface area (Å²) in [6.07, 6.45) is 0.320. The number of benzene rings is 2. The third-order valence-corrected chi connectivity index (χ3v) is 6.98. The van der Waals surface area contributed by atoms with E-state index in [1.54, 1.807) is 41.7 Å². The highest BCUT2D eigenvalue weighted by Gasteiger charge is 2.48. The molecule has 0 aliphatic carbocycles. The molecule has 0 spiro atoms. The molecule has 1 unspecified atom stereocenters. The fourth-order valence-corrected chi connectivity index (χ4v) is 4.51. The number of hydrogen-bond acceptors (Lipinski definition) is 4. The summed E-state index contributed by atoms with van der Waals surface area (Å²) in [5.74, 6) is -6.53. The van der Waals surface area contributed by atoms with Gasteiger partial charge < -0.3 is 10.2 Å². The van der Waals surface area contributed by atoms with Gasteiger partial charge in [0.05, 0.1) is 5.44 Å². The Morgan fingerprint density at radius 1 is 1.09 bits per heavy atom. The lowest BCUT2D eigenvalue weighted by Gasteiger charge is -2.39. The molecule has 1 atom stereocenters. The van der Waals surface area contributed by atoms with Crippen molar-refractivity contribution in [2.24, 2.45) is 0 Å². The highest BCUT2D eigenvalue weighted by atomic mass is 35.5. The first-order valence-corrected chi connectivity index (χ1v) is 11.4. The van der Waals surface area contributed by atoms with E-state index in [2.05, 4.69) is 10.6 Å². The van der Waals surface area contributed by atoms with Gasteiger partial charge in [-0.05, 0) is 35.7 Å². The summed E-state index contributed by atoms with van der Waals surface area (Å²) in [7, 11) is 4.78. The van der Waals surface area contributed by atoms with Gasteiger partial charge in [-0.1, -0.05) is 35.9 Å². The summed E-state index contributed by atoms with van der Waals surface area (Å²) in [6, 6.07) is 9.59. The lowest BCUT2D eigenvalue weighted by Crippen LogP contribution is -2.63. The van der Waals surface area contributed by atoms with Crippen LogP contribution in [0.25, 0.3) is 0 Å². The third kappa shape index (κ3) is 4.35. The number of amides is 4. The lowest BCUT2D eigenvalue weighted by atomic mass is 9.57. The lowest BCUT2D eigenvalue weighted by molar-refractivity contribution is -0.147. The van der Waals surface area contributed by atoms with Crippen LogP contribution in [0, 0.1) is 0 Å². The van der Waals surface area contributed by atoms with Crippen LogP contribution in [0.15, 0.2) is 42.5 Å². The minimum Gasteiger partial charge on any atom is -0.357 e. The van der Waals surface area contributed by atoms with E-state index in [4.69, 9.17) is 11.6 Å². The number of piperidine rings is 1. The highest BCUT2D eigenvalue weighted by Crippen LogP contribution is 2.35. The van der Waals surface area contributed by atoms with Gasteiger partial charge in [0, 0.05) is 34.5 Å². The predicted molar refractivity (Wildman–Crippen MR) is 132 cm³/mol. The van der Waals surface area contributed by atoms with Crippen LogP contribution in [-0.4, -0.2) is 57.5 Å². The van der Waals surface area contributed by atoms with Gasteiger partial charge in [-0.25, -0.2) is 0 Å². The van der Waals surface area contributed by atoms with Crippen LogP contribution in [-0.2, 0) is 32.2 Å². The molecule has 4 amide bonds. The van der Waals surface area contributed by atoms with Crippen LogP contribution in [0.4, 0.5) is 8.78 Å². The van der Waals surface area contributed by atoms with Gasteiger partial charge >= 0.3 is 5.92 Å². The molecule has 2 aromatic rings. The van der Waals surface area contributed by atoms with Gasteiger partial charge in [0.15, 0.2) is 0 Å². The van der Waals surface area contributed by atoms with Gasteiger partial charge in [0.1, 0.15) is 23.5 Å². The van der Waals surface area contributed by atoms with Crippen molar-refractivity contribution in [3.63, 3.8) is 0 Å². The van der Waals surface area contributed by atoms with E-state index in [9.17, 15) is 28.0 Å². The first-order valence-electron chi connectivity index (χ1n) is 11.0. The largest absolute Gasteiger partial charge is 0.357 e. The van der Waals surface area contributed by atoms with Gasteiger partial charge in [-0.15, -0.1) is 0 Å². The van der Waals surface area contributed by atoms with Crippen LogP contribution >= 0.6 is 11.6 Å². The maximum atomic E-state index is 14.8. The smallest absolute Gasteiger partial charge is 0.349 e. The second-order valence-electron chi connectivity index (χ2n) is 9.57. The quantitative estimate of drug-likeness (QED) is 0.424. The van der Waals surface area contributed by atoms with Crippen molar-refractivity contribution >= 4 is 58.8 Å². The Balaban J connectivity index is 1.56. The van der Waals surface area contributed by atoms with Crippen molar-refractivity contribution in [3.8, 4) is 0 Å². The van der Waals surface area contributed by atoms with Crippen molar-refractivity contribution < 1.29 is 28.0 Å². The Labute approximate surface area is 208 Å². The molecule has 2 N–H and O–H groups in total. The number of carbonyl (C=O) groups is 4. The number of rotatable bonds is 5. The summed E-state index contributed by atoms with van der Waals surface area (Å²) in [5, 5.41) is 3.76. The standard InChI is InChI=1S/C22H21B3ClF2N3O4/c23-20(8-7-16(32)29-18(20)34)31-10-11-9-13(3-6-15(11)17(31)33)22(24,25)30-19(35)21(27,28)12-1-4-14(26)5-2-12/h1-6,9H,7-8,10,23-25H2,(H,30,35)(H,29,32,34). The number of nitrogens with one attached hydrogen (secondary N) is 2. The molecule has 0 saturated carbocycles. The van der Waals surface area contributed by atoms with E-state index in [1.807, 2.05) is 0 Å². The van der Waals surface area contributed by atoms with Crippen molar-refractivity contribution in [2.75, 3.05) is 0 Å². The number of nitrogens with zero attached hydrogens (tertiary/aromatic N) is 1. The second-order valence-corrected chi connectivity index (χ2v) is 10.0. The van der Waals surface area contributed by atoms with E-state index >= 15 is 0 Å². The predicted octanol–water partition coefficient (Wildman–Crippen LogP) is -0.654. The summed E-state index contributed by atoms with van der Waals surface area (Å²) in [5.41, 5.74) is -0.171. The topological polar surface area (TPSA) is 95.6 Å². The molecule has 2 aromatic carbocycles. The maximum absolute atomic E-state index is 14.8. The molecular weight excluding hydrogens is 476 g/mol. The molecule has 1 saturated heterocycles. The van der Waals surface area contributed by atoms with Crippen LogP contribution in [0.2, 0.25) is 5.02 Å². The molecule has 1 fully saturated rings. The third-order valence-electron chi connectivity index (χ3n) is 6.73. The Morgan fingerprint density at radius 3 is 2.34 bits per heavy atom. The fourth-order valence-electron chi connectivity index (χ4n) is 4.38. The highest BCUT2D eigenvalue weighted by molar-refractivity contribution is 6.40. The Bertz CT molecular complexity index is 1260. The summed E-state index contributed by atoms with van der Waals surface area (Å²) in [4.78, 5) is 51.1. The Morgan fingerprint density at radius 2 is 1.71 bits per heavy atom. The second kappa shape index (κ2) is 8.51. The van der Waals surface area contributed by atoms with E-state index in [1.165, 1.54) is 17.0 Å². The van der Waals surface area contributed by atoms with Gasteiger partial charge in [-0.2, -0.15) is 8.78 Å². The molecule has 2 heterocycles. The Hall–Kier alpha value is -3.14. The van der Waals surface area contributed by atoms with E-state index in [0.29, 0.717) is 16.7 Å². The number of halogens is 3. The molecule has 2 aliphatic heterocycles. The molecule has 4 rings (SSSR count). The van der Waals surface area contributed by atoms with Gasteiger partial charge in [-0.3, -0.25) is 24.5 Å². The molecule has 13 heteroatoms. The zero-order valence-electron chi connectivity index (χ0n) is 19.4. The number of carbonyl (C=O) groups excluding carboxylic acids is 4. The van der Waals surface area contributed by atoms with E-state index in [0.717, 1.165) is 12.1 Å². The first kappa shape index (κ1) is 25.0. The average molecular weight is 497 g/mol. The molecule has 35 heavy (non-hydrogen) atoms. The monoisotopic (exact) mass is 497 g/mol.